The minimum atomic E-state index is -0.537. The average Bonchev–Trinajstić information content (AvgIpc) is 4.12. The summed E-state index contributed by atoms with van der Waals surface area (Å²) in [5, 5.41) is 0. The first-order chi connectivity index (χ1) is 31.3. The van der Waals surface area contributed by atoms with Crippen LogP contribution in [0.3, 0.4) is 0 Å². The fourth-order valence-electron chi connectivity index (χ4n) is 9.74. The molecule has 4 aromatic rings. The summed E-state index contributed by atoms with van der Waals surface area (Å²) in [5.41, 5.74) is 6.51. The maximum atomic E-state index is 12.6. The van der Waals surface area contributed by atoms with Gasteiger partial charge in [-0.2, -0.15) is 0 Å². The second-order valence-electron chi connectivity index (χ2n) is 17.5. The monoisotopic (exact) mass is 928 g/mol. The van der Waals surface area contributed by atoms with Crippen LogP contribution in [0.4, 0.5) is 0 Å². The molecule has 4 aliphatic rings. The summed E-state index contributed by atoms with van der Waals surface area (Å²) in [6, 6.07) is 29.2. The molecule has 2 saturated heterocycles. The number of pyridine rings is 2. The Morgan fingerprint density at radius 1 is 0.641 bits per heavy atom. The molecule has 2 aromatic heterocycles. The second-order valence-corrected chi connectivity index (χ2v) is 23.8. The number of hydrogen-bond donors (Lipinski definition) is 0. The Kier molecular flexibility index (Phi) is 15.7. The highest BCUT2D eigenvalue weighted by Gasteiger charge is 2.59. The predicted molar refractivity (Wildman–Crippen MR) is 270 cm³/mol. The van der Waals surface area contributed by atoms with Crippen LogP contribution in [-0.4, -0.2) is 44.6 Å². The number of allylic oxidation sites excluding steroid dienone is 2. The van der Waals surface area contributed by atoms with E-state index in [1.54, 1.807) is 0 Å². The number of carbonyl (C=O) groups is 2. The van der Waals surface area contributed by atoms with Gasteiger partial charge < -0.3 is 9.47 Å². The lowest BCUT2D eigenvalue weighted by molar-refractivity contribution is -0.138. The Labute approximate surface area is 397 Å². The van der Waals surface area contributed by atoms with E-state index in [0.717, 1.165) is 35.3 Å². The van der Waals surface area contributed by atoms with Crippen molar-refractivity contribution in [1.82, 2.24) is 9.97 Å². The smallest absolute Gasteiger partial charge is 0.338 e. The molecule has 2 aliphatic carbocycles. The molecule has 8 rings (SSSR count). The maximum absolute atomic E-state index is 12.6. The number of fused-ring (bicyclic) bond motifs is 4. The van der Waals surface area contributed by atoms with Gasteiger partial charge in [-0.05, 0) is 78.8 Å². The highest BCUT2D eigenvalue weighted by atomic mass is 32.2. The van der Waals surface area contributed by atoms with Crippen molar-refractivity contribution in [2.45, 2.75) is 106 Å². The summed E-state index contributed by atoms with van der Waals surface area (Å²) < 4.78 is 10.3. The van der Waals surface area contributed by atoms with E-state index in [9.17, 15) is 9.59 Å². The zero-order valence-electron chi connectivity index (χ0n) is 36.7. The predicted octanol–water partition coefficient (Wildman–Crippen LogP) is 13.9. The maximum Gasteiger partial charge on any atom is 0.338 e. The van der Waals surface area contributed by atoms with Gasteiger partial charge in [0.25, 0.3) is 0 Å². The molecule has 4 heterocycles. The summed E-state index contributed by atoms with van der Waals surface area (Å²) in [6.45, 7) is 7.29. The van der Waals surface area contributed by atoms with Gasteiger partial charge in [-0.3, -0.25) is 9.97 Å². The average molecular weight is 929 g/mol. The molecule has 6 nitrogen and oxygen atoms in total. The number of unbranched alkanes of at least 4 members (excludes halogenated alkanes) is 7. The zero-order valence-corrected chi connectivity index (χ0v) is 40.0. The minimum absolute atomic E-state index is 0.000604. The lowest BCUT2D eigenvalue weighted by Gasteiger charge is -2.36. The van der Waals surface area contributed by atoms with Gasteiger partial charge in [-0.25, -0.2) is 9.59 Å². The number of esters is 2. The van der Waals surface area contributed by atoms with Crippen LogP contribution in [0.1, 0.15) is 115 Å². The molecule has 0 amide bonds. The Bertz CT molecular complexity index is 2270. The lowest BCUT2D eigenvalue weighted by Crippen LogP contribution is -2.26. The molecule has 2 aromatic carbocycles. The van der Waals surface area contributed by atoms with Crippen LogP contribution in [0.2, 0.25) is 0 Å². The first kappa shape index (κ1) is 46.6. The SMILES string of the molecule is C=CC(=O)OCCOC(=O)c1ccc(CSC2(c3ccccn3)SC3(CCCCCCCCCCC45C=CC(C4)C(SCc4ccc(C=C)cc4)(c4ccccn4)S5)C=CC2C3)cc1. The largest absolute Gasteiger partial charge is 0.459 e. The molecule has 4 bridgehead atoms. The fourth-order valence-corrected chi connectivity index (χ4v) is 17.6. The van der Waals surface area contributed by atoms with Crippen LogP contribution in [0.5, 0.6) is 0 Å². The summed E-state index contributed by atoms with van der Waals surface area (Å²) in [4.78, 5) is 33.7. The van der Waals surface area contributed by atoms with E-state index in [4.69, 9.17) is 19.4 Å². The third-order valence-corrected chi connectivity index (χ3v) is 20.6. The van der Waals surface area contributed by atoms with E-state index < -0.39 is 11.9 Å². The number of rotatable bonds is 25. The second kappa shape index (κ2) is 21.6. The molecular weight excluding hydrogens is 869 g/mol. The van der Waals surface area contributed by atoms with Crippen molar-refractivity contribution in [3.8, 4) is 0 Å². The van der Waals surface area contributed by atoms with Crippen molar-refractivity contribution in [3.05, 3.63) is 175 Å². The summed E-state index contributed by atoms with van der Waals surface area (Å²) >= 11 is 8.37. The van der Waals surface area contributed by atoms with Gasteiger partial charge in [0, 0.05) is 51.3 Å². The van der Waals surface area contributed by atoms with Gasteiger partial charge in [-0.15, -0.1) is 47.0 Å². The van der Waals surface area contributed by atoms with Gasteiger partial charge in [0.2, 0.25) is 0 Å². The zero-order chi connectivity index (χ0) is 44.3. The molecule has 2 aliphatic heterocycles. The molecular formula is C54H60N2O4S4. The van der Waals surface area contributed by atoms with Crippen molar-refractivity contribution >= 4 is 65.1 Å². The number of thioether (sulfide) groups is 4. The van der Waals surface area contributed by atoms with E-state index in [0.29, 0.717) is 17.4 Å². The number of hydrogen-bond acceptors (Lipinski definition) is 10. The van der Waals surface area contributed by atoms with Crippen molar-refractivity contribution in [3.63, 3.8) is 0 Å². The topological polar surface area (TPSA) is 78.4 Å². The van der Waals surface area contributed by atoms with Crippen molar-refractivity contribution in [1.29, 1.82) is 0 Å². The van der Waals surface area contributed by atoms with Gasteiger partial charge in [-0.1, -0.05) is 143 Å². The van der Waals surface area contributed by atoms with Gasteiger partial charge >= 0.3 is 11.9 Å². The van der Waals surface area contributed by atoms with E-state index >= 15 is 0 Å². The first-order valence-corrected chi connectivity index (χ1v) is 26.6. The lowest BCUT2D eigenvalue weighted by atomic mass is 9.93. The summed E-state index contributed by atoms with van der Waals surface area (Å²) in [7, 11) is 0. The third kappa shape index (κ3) is 10.8. The molecule has 334 valence electrons. The highest BCUT2D eigenvalue weighted by Crippen LogP contribution is 2.71. The molecule has 0 spiro atoms. The molecule has 10 heteroatoms. The first-order valence-electron chi connectivity index (χ1n) is 22.9. The normalized spacial score (nSPS) is 26.0. The Balaban J connectivity index is 0.757. The number of ether oxygens (including phenoxy) is 2. The van der Waals surface area contributed by atoms with Crippen LogP contribution in [0.15, 0.2) is 141 Å². The number of nitrogens with zero attached hydrogens (tertiary/aromatic N) is 2. The molecule has 64 heavy (non-hydrogen) atoms. The minimum Gasteiger partial charge on any atom is -0.459 e. The quantitative estimate of drug-likeness (QED) is 0.0277. The molecule has 6 atom stereocenters. The van der Waals surface area contributed by atoms with Gasteiger partial charge in [0.05, 0.1) is 17.0 Å². The number of aromatic nitrogens is 2. The highest BCUT2D eigenvalue weighted by molar-refractivity contribution is 8.18. The van der Waals surface area contributed by atoms with E-state index in [1.165, 1.54) is 87.4 Å². The van der Waals surface area contributed by atoms with Crippen LogP contribution in [0.25, 0.3) is 6.08 Å². The van der Waals surface area contributed by atoms with Crippen LogP contribution in [-0.2, 0) is 33.9 Å². The van der Waals surface area contributed by atoms with E-state index in [-0.39, 0.29) is 30.9 Å². The van der Waals surface area contributed by atoms with Gasteiger partial charge in [0.15, 0.2) is 0 Å². The molecule has 0 saturated carbocycles. The number of carbonyl (C=O) groups excluding carboxylic acids is 2. The van der Waals surface area contributed by atoms with Crippen molar-refractivity contribution in [2.75, 3.05) is 13.2 Å². The van der Waals surface area contributed by atoms with Crippen molar-refractivity contribution in [2.24, 2.45) is 11.8 Å². The van der Waals surface area contributed by atoms with Crippen LogP contribution >= 0.6 is 47.0 Å². The van der Waals surface area contributed by atoms with Crippen LogP contribution < -0.4 is 0 Å². The standard InChI is InChI=1S/C54H60N2O4S4/c1-3-41-19-21-42(22-20-41)39-61-53(47-17-11-15-33-55-47)45-27-31-51(37-45,63-53)29-13-9-7-5-6-8-10-14-30-52-32-28-46(38-52)54(64-52,48-18-12-16-34-56-48)62-40-43-23-25-44(26-24-43)50(58)60-36-35-59-49(57)4-2/h3-4,11-12,15-28,31-34,45-46H,1-2,5-10,13-14,29-30,35-40H2. The molecule has 0 N–H and O–H groups in total. The van der Waals surface area contributed by atoms with E-state index in [1.807, 2.05) is 66.6 Å². The molecule has 2 fully saturated rings. The summed E-state index contributed by atoms with van der Waals surface area (Å²) in [5.74, 6) is 1.74. The van der Waals surface area contributed by atoms with Crippen molar-refractivity contribution < 1.29 is 19.1 Å². The van der Waals surface area contributed by atoms with E-state index in [2.05, 4.69) is 121 Å². The fraction of sp³-hybridized carbons (Fsp3) is 0.407. The van der Waals surface area contributed by atoms with Crippen LogP contribution in [0, 0.1) is 11.8 Å². The molecule has 0 radical (unpaired) electrons. The molecule has 6 unspecified atom stereocenters. The van der Waals surface area contributed by atoms with Gasteiger partial charge in [0.1, 0.15) is 21.4 Å². The Morgan fingerprint density at radius 3 is 1.59 bits per heavy atom. The Morgan fingerprint density at radius 2 is 1.12 bits per heavy atom. The third-order valence-electron chi connectivity index (χ3n) is 13.1. The number of benzene rings is 2. The summed E-state index contributed by atoms with van der Waals surface area (Å²) in [6.07, 6.45) is 32.2. The Hall–Kier alpha value is -3.96.